The van der Waals surface area contributed by atoms with E-state index in [1.165, 1.54) is 0 Å². The van der Waals surface area contributed by atoms with Crippen LogP contribution in [0.2, 0.25) is 0 Å². The zero-order valence-electron chi connectivity index (χ0n) is 18.0. The number of likely N-dealkylation sites (tertiary alicyclic amines) is 1. The first kappa shape index (κ1) is 21.2. The monoisotopic (exact) mass is 438 g/mol. The van der Waals surface area contributed by atoms with Crippen molar-refractivity contribution in [1.82, 2.24) is 9.88 Å². The average molecular weight is 439 g/mol. The van der Waals surface area contributed by atoms with Gasteiger partial charge in [0.15, 0.2) is 11.5 Å². The van der Waals surface area contributed by atoms with Gasteiger partial charge in [0.25, 0.3) is 5.19 Å². The van der Waals surface area contributed by atoms with Gasteiger partial charge >= 0.3 is 0 Å². The fraction of sp³-hybridized carbons (Fsp3) is 0.333. The predicted octanol–water partition coefficient (Wildman–Crippen LogP) is 4.71. The van der Waals surface area contributed by atoms with Crippen LogP contribution in [0.25, 0.3) is 16.3 Å². The molecule has 0 atom stereocenters. The number of para-hydroxylation sites is 1. The van der Waals surface area contributed by atoms with Gasteiger partial charge in [-0.15, -0.1) is 0 Å². The van der Waals surface area contributed by atoms with E-state index in [-0.39, 0.29) is 12.0 Å². The van der Waals surface area contributed by atoms with Crippen molar-refractivity contribution >= 4 is 33.5 Å². The maximum Gasteiger partial charge on any atom is 0.274 e. The SMILES string of the molecule is COc1ccc(/C=C/C(=O)N2CCC(Oc3nc4c(C)cccc4s3)CC2)cc1OC. The van der Waals surface area contributed by atoms with Crippen LogP contribution < -0.4 is 14.2 Å². The van der Waals surface area contributed by atoms with Gasteiger partial charge in [0, 0.05) is 32.0 Å². The Morgan fingerprint density at radius 2 is 1.90 bits per heavy atom. The third-order valence-electron chi connectivity index (χ3n) is 5.45. The quantitative estimate of drug-likeness (QED) is 0.522. The van der Waals surface area contributed by atoms with E-state index < -0.39 is 0 Å². The highest BCUT2D eigenvalue weighted by Crippen LogP contribution is 2.31. The maximum atomic E-state index is 12.6. The number of methoxy groups -OCH3 is 2. The highest BCUT2D eigenvalue weighted by Gasteiger charge is 2.24. The molecule has 0 spiro atoms. The van der Waals surface area contributed by atoms with Gasteiger partial charge < -0.3 is 19.1 Å². The van der Waals surface area contributed by atoms with E-state index in [4.69, 9.17) is 14.2 Å². The number of aryl methyl sites for hydroxylation is 1. The van der Waals surface area contributed by atoms with Gasteiger partial charge in [-0.25, -0.2) is 4.98 Å². The molecule has 1 aromatic heterocycles. The van der Waals surface area contributed by atoms with Gasteiger partial charge in [-0.3, -0.25) is 4.79 Å². The van der Waals surface area contributed by atoms with Crippen LogP contribution in [0.15, 0.2) is 42.5 Å². The number of nitrogens with zero attached hydrogens (tertiary/aromatic N) is 2. The molecule has 1 aliphatic heterocycles. The van der Waals surface area contributed by atoms with E-state index in [1.807, 2.05) is 29.2 Å². The average Bonchev–Trinajstić information content (AvgIpc) is 3.21. The summed E-state index contributed by atoms with van der Waals surface area (Å²) < 4.78 is 17.8. The Kier molecular flexibility index (Phi) is 6.42. The van der Waals surface area contributed by atoms with Crippen LogP contribution in [0.3, 0.4) is 0 Å². The fourth-order valence-corrected chi connectivity index (χ4v) is 4.64. The largest absolute Gasteiger partial charge is 0.493 e. The molecule has 0 saturated carbocycles. The molecule has 31 heavy (non-hydrogen) atoms. The Labute approximate surface area is 186 Å². The summed E-state index contributed by atoms with van der Waals surface area (Å²) in [6.07, 6.45) is 5.09. The number of ether oxygens (including phenoxy) is 3. The van der Waals surface area contributed by atoms with Crippen molar-refractivity contribution in [3.05, 3.63) is 53.6 Å². The molecule has 0 bridgehead atoms. The summed E-state index contributed by atoms with van der Waals surface area (Å²) in [5.74, 6) is 1.31. The van der Waals surface area contributed by atoms with E-state index in [2.05, 4.69) is 24.0 Å². The molecule has 0 N–H and O–H groups in total. The maximum absolute atomic E-state index is 12.6. The number of aromatic nitrogens is 1. The number of carbonyl (C=O) groups is 1. The molecule has 0 radical (unpaired) electrons. The first-order valence-corrected chi connectivity index (χ1v) is 11.1. The van der Waals surface area contributed by atoms with Crippen molar-refractivity contribution in [3.63, 3.8) is 0 Å². The van der Waals surface area contributed by atoms with Gasteiger partial charge in [-0.05, 0) is 42.3 Å². The van der Waals surface area contributed by atoms with Gasteiger partial charge in [0.2, 0.25) is 5.91 Å². The van der Waals surface area contributed by atoms with Crippen LogP contribution in [0, 0.1) is 6.92 Å². The first-order chi connectivity index (χ1) is 15.1. The fourth-order valence-electron chi connectivity index (χ4n) is 3.68. The second kappa shape index (κ2) is 9.39. The third kappa shape index (κ3) is 4.82. The van der Waals surface area contributed by atoms with Crippen LogP contribution in [-0.2, 0) is 4.79 Å². The molecule has 1 fully saturated rings. The standard InChI is InChI=1S/C24H26N2O4S/c1-16-5-4-6-21-23(16)25-24(31-21)30-18-11-13-26(14-12-18)22(27)10-8-17-7-9-19(28-2)20(15-17)29-3/h4-10,15,18H,11-14H2,1-3H3/b10-8+. The van der Waals surface area contributed by atoms with Crippen molar-refractivity contribution in [1.29, 1.82) is 0 Å². The van der Waals surface area contributed by atoms with Gasteiger partial charge in [0.1, 0.15) is 6.10 Å². The van der Waals surface area contributed by atoms with Crippen molar-refractivity contribution in [2.45, 2.75) is 25.9 Å². The number of benzene rings is 2. The highest BCUT2D eigenvalue weighted by atomic mass is 32.1. The summed E-state index contributed by atoms with van der Waals surface area (Å²) in [5.41, 5.74) is 3.05. The molecule has 4 rings (SSSR count). The number of rotatable bonds is 6. The zero-order valence-corrected chi connectivity index (χ0v) is 18.8. The molecule has 2 heterocycles. The lowest BCUT2D eigenvalue weighted by atomic mass is 10.1. The van der Waals surface area contributed by atoms with Crippen LogP contribution >= 0.6 is 11.3 Å². The van der Waals surface area contributed by atoms with Gasteiger partial charge in [-0.1, -0.05) is 29.5 Å². The molecular weight excluding hydrogens is 412 g/mol. The molecule has 1 aliphatic rings. The minimum Gasteiger partial charge on any atom is -0.493 e. The highest BCUT2D eigenvalue weighted by molar-refractivity contribution is 7.20. The lowest BCUT2D eigenvalue weighted by Gasteiger charge is -2.30. The number of hydrogen-bond donors (Lipinski definition) is 0. The third-order valence-corrected chi connectivity index (χ3v) is 6.36. The summed E-state index contributed by atoms with van der Waals surface area (Å²) >= 11 is 1.58. The van der Waals surface area contributed by atoms with Crippen LogP contribution in [0.5, 0.6) is 16.7 Å². The lowest BCUT2D eigenvalue weighted by molar-refractivity contribution is -0.127. The smallest absolute Gasteiger partial charge is 0.274 e. The Morgan fingerprint density at radius 1 is 1.13 bits per heavy atom. The lowest BCUT2D eigenvalue weighted by Crippen LogP contribution is -2.41. The number of hydrogen-bond acceptors (Lipinski definition) is 6. The van der Waals surface area contributed by atoms with Crippen LogP contribution in [-0.4, -0.2) is 49.2 Å². The second-order valence-electron chi connectivity index (χ2n) is 7.49. The van der Waals surface area contributed by atoms with E-state index in [1.54, 1.807) is 37.7 Å². The number of fused-ring (bicyclic) bond motifs is 1. The Morgan fingerprint density at radius 3 is 2.61 bits per heavy atom. The summed E-state index contributed by atoms with van der Waals surface area (Å²) in [5, 5.41) is 0.711. The van der Waals surface area contributed by atoms with E-state index >= 15 is 0 Å². The summed E-state index contributed by atoms with van der Waals surface area (Å²) in [7, 11) is 3.19. The van der Waals surface area contributed by atoms with Crippen LogP contribution in [0.1, 0.15) is 24.0 Å². The molecule has 0 unspecified atom stereocenters. The number of piperidine rings is 1. The summed E-state index contributed by atoms with van der Waals surface area (Å²) in [6.45, 7) is 3.40. The number of amides is 1. The number of carbonyl (C=O) groups excluding carboxylic acids is 1. The second-order valence-corrected chi connectivity index (χ2v) is 8.48. The predicted molar refractivity (Wildman–Crippen MR) is 123 cm³/mol. The Bertz CT molecular complexity index is 1100. The Hall–Kier alpha value is -3.06. The molecule has 7 heteroatoms. The topological polar surface area (TPSA) is 60.9 Å². The molecule has 3 aromatic rings. The summed E-state index contributed by atoms with van der Waals surface area (Å²) in [6, 6.07) is 11.7. The van der Waals surface area contributed by atoms with Crippen molar-refractivity contribution in [3.8, 4) is 16.7 Å². The minimum atomic E-state index is 0.00356. The Balaban J connectivity index is 1.32. The van der Waals surface area contributed by atoms with Crippen molar-refractivity contribution in [2.24, 2.45) is 0 Å². The molecule has 1 saturated heterocycles. The van der Waals surface area contributed by atoms with Gasteiger partial charge in [-0.2, -0.15) is 0 Å². The molecule has 162 valence electrons. The zero-order chi connectivity index (χ0) is 21.8. The van der Waals surface area contributed by atoms with Gasteiger partial charge in [0.05, 0.1) is 24.4 Å². The first-order valence-electron chi connectivity index (χ1n) is 10.3. The van der Waals surface area contributed by atoms with E-state index in [9.17, 15) is 4.79 Å². The molecule has 1 amide bonds. The number of thiazole rings is 1. The molecule has 2 aromatic carbocycles. The normalized spacial score (nSPS) is 14.9. The van der Waals surface area contributed by atoms with Crippen molar-refractivity contribution < 1.29 is 19.0 Å². The molecule has 0 aliphatic carbocycles. The summed E-state index contributed by atoms with van der Waals surface area (Å²) in [4.78, 5) is 19.1. The van der Waals surface area contributed by atoms with E-state index in [0.29, 0.717) is 29.8 Å². The minimum absolute atomic E-state index is 0.00356. The molecule has 6 nitrogen and oxygen atoms in total. The van der Waals surface area contributed by atoms with Crippen LogP contribution in [0.4, 0.5) is 0 Å². The van der Waals surface area contributed by atoms with Crippen molar-refractivity contribution in [2.75, 3.05) is 27.3 Å². The van der Waals surface area contributed by atoms with E-state index in [0.717, 1.165) is 34.2 Å². The molecular formula is C24H26N2O4S.